The average Bonchev–Trinajstić information content (AvgIpc) is 2.45. The number of esters is 1. The molecule has 0 aliphatic heterocycles. The minimum Gasteiger partial charge on any atom is -0.460 e. The van der Waals surface area contributed by atoms with Gasteiger partial charge in [0.05, 0.1) is 10.9 Å². The van der Waals surface area contributed by atoms with Crippen LogP contribution in [0.4, 0.5) is 5.69 Å². The fourth-order valence-corrected chi connectivity index (χ4v) is 1.93. The number of nitrogens with zero attached hydrogens (tertiary/aromatic N) is 1. The van der Waals surface area contributed by atoms with E-state index in [9.17, 15) is 4.79 Å². The summed E-state index contributed by atoms with van der Waals surface area (Å²) in [5, 5.41) is 0.483. The van der Waals surface area contributed by atoms with E-state index in [-0.39, 0.29) is 18.5 Å². The molecule has 0 saturated heterocycles. The van der Waals surface area contributed by atoms with Crippen molar-refractivity contribution in [1.29, 1.82) is 0 Å². The minimum atomic E-state index is -0.376. The lowest BCUT2D eigenvalue weighted by Gasteiger charge is -2.12. The van der Waals surface area contributed by atoms with E-state index in [1.165, 1.54) is 6.20 Å². The van der Waals surface area contributed by atoms with E-state index >= 15 is 0 Å². The van der Waals surface area contributed by atoms with Crippen LogP contribution in [0.3, 0.4) is 0 Å². The molecule has 1 heterocycles. The number of halogens is 1. The summed E-state index contributed by atoms with van der Waals surface area (Å²) in [6, 6.07) is 8.93. The van der Waals surface area contributed by atoms with Gasteiger partial charge in [0.25, 0.3) is 0 Å². The summed E-state index contributed by atoms with van der Waals surface area (Å²) in [4.78, 5) is 15.9. The first-order chi connectivity index (χ1) is 9.58. The Morgan fingerprint density at radius 3 is 2.95 bits per heavy atom. The van der Waals surface area contributed by atoms with E-state index in [1.807, 2.05) is 12.1 Å². The molecule has 0 bridgehead atoms. The molecule has 4 nitrogen and oxygen atoms in total. The van der Waals surface area contributed by atoms with E-state index in [0.29, 0.717) is 10.7 Å². The highest BCUT2D eigenvalue weighted by molar-refractivity contribution is 6.31. The van der Waals surface area contributed by atoms with Gasteiger partial charge < -0.3 is 10.5 Å². The van der Waals surface area contributed by atoms with Gasteiger partial charge in [0.2, 0.25) is 0 Å². The van der Waals surface area contributed by atoms with Crippen LogP contribution in [-0.4, -0.2) is 11.0 Å². The molecule has 0 fully saturated rings. The average molecular weight is 291 g/mol. The van der Waals surface area contributed by atoms with Crippen LogP contribution in [0.5, 0.6) is 0 Å². The number of hydrogen-bond donors (Lipinski definition) is 1. The Balaban J connectivity index is 2.00. The molecule has 0 aliphatic rings. The first kappa shape index (κ1) is 14.3. The Kier molecular flexibility index (Phi) is 4.58. The number of carbonyl (C=O) groups excluding carboxylic acids is 1. The Hall–Kier alpha value is -2.07. The third kappa shape index (κ3) is 3.48. The molecule has 20 heavy (non-hydrogen) atoms. The number of pyridine rings is 1. The SMILES string of the molecule is CC(C(=O)OCc1ccncc1Cl)c1cccc(N)c1. The molecule has 1 atom stereocenters. The van der Waals surface area contributed by atoms with Gasteiger partial charge >= 0.3 is 5.97 Å². The van der Waals surface area contributed by atoms with Crippen LogP contribution in [0.25, 0.3) is 0 Å². The van der Waals surface area contributed by atoms with E-state index in [4.69, 9.17) is 22.1 Å². The van der Waals surface area contributed by atoms with E-state index < -0.39 is 0 Å². The maximum atomic E-state index is 12.0. The van der Waals surface area contributed by atoms with Crippen molar-refractivity contribution in [3.05, 3.63) is 58.9 Å². The molecule has 5 heteroatoms. The van der Waals surface area contributed by atoms with Gasteiger partial charge in [-0.2, -0.15) is 0 Å². The van der Waals surface area contributed by atoms with Crippen LogP contribution >= 0.6 is 11.6 Å². The van der Waals surface area contributed by atoms with Gasteiger partial charge in [-0.15, -0.1) is 0 Å². The van der Waals surface area contributed by atoms with Gasteiger partial charge in [0.15, 0.2) is 0 Å². The number of carbonyl (C=O) groups is 1. The van der Waals surface area contributed by atoms with Crippen molar-refractivity contribution in [3.8, 4) is 0 Å². The van der Waals surface area contributed by atoms with Crippen molar-refractivity contribution in [2.75, 3.05) is 5.73 Å². The van der Waals surface area contributed by atoms with Gasteiger partial charge in [-0.05, 0) is 30.7 Å². The molecule has 2 aromatic rings. The van der Waals surface area contributed by atoms with Crippen molar-refractivity contribution >= 4 is 23.3 Å². The highest BCUT2D eigenvalue weighted by Crippen LogP contribution is 2.21. The Bertz CT molecular complexity index is 616. The molecule has 0 radical (unpaired) electrons. The van der Waals surface area contributed by atoms with Gasteiger partial charge in [0, 0.05) is 23.6 Å². The second kappa shape index (κ2) is 6.39. The normalized spacial score (nSPS) is 11.9. The molecule has 0 aliphatic carbocycles. The molecular formula is C15H15ClN2O2. The molecule has 0 spiro atoms. The van der Waals surface area contributed by atoms with Crippen LogP contribution in [0.15, 0.2) is 42.7 Å². The molecular weight excluding hydrogens is 276 g/mol. The smallest absolute Gasteiger partial charge is 0.313 e. The van der Waals surface area contributed by atoms with Crippen LogP contribution in [-0.2, 0) is 16.1 Å². The number of rotatable bonds is 4. The minimum absolute atomic E-state index is 0.132. The van der Waals surface area contributed by atoms with Crippen molar-refractivity contribution in [2.45, 2.75) is 19.4 Å². The zero-order valence-electron chi connectivity index (χ0n) is 11.0. The van der Waals surface area contributed by atoms with Crippen molar-refractivity contribution in [2.24, 2.45) is 0 Å². The number of hydrogen-bond acceptors (Lipinski definition) is 4. The molecule has 2 N–H and O–H groups in total. The summed E-state index contributed by atoms with van der Waals surface area (Å²) in [5.41, 5.74) is 7.89. The standard InChI is InChI=1S/C15H15ClN2O2/c1-10(11-3-2-4-13(17)7-11)15(19)20-9-12-5-6-18-8-14(12)16/h2-8,10H,9,17H2,1H3. The van der Waals surface area contributed by atoms with Crippen LogP contribution in [0, 0.1) is 0 Å². The first-order valence-electron chi connectivity index (χ1n) is 6.18. The van der Waals surface area contributed by atoms with Gasteiger partial charge in [-0.1, -0.05) is 23.7 Å². The molecule has 2 rings (SSSR count). The van der Waals surface area contributed by atoms with Crippen LogP contribution in [0.1, 0.15) is 24.0 Å². The fraction of sp³-hybridized carbons (Fsp3) is 0.200. The highest BCUT2D eigenvalue weighted by Gasteiger charge is 2.17. The molecule has 0 saturated carbocycles. The highest BCUT2D eigenvalue weighted by atomic mass is 35.5. The number of benzene rings is 1. The lowest BCUT2D eigenvalue weighted by Crippen LogP contribution is -2.13. The number of anilines is 1. The van der Waals surface area contributed by atoms with E-state index in [2.05, 4.69) is 4.98 Å². The summed E-state index contributed by atoms with van der Waals surface area (Å²) in [6.07, 6.45) is 3.13. The molecule has 104 valence electrons. The lowest BCUT2D eigenvalue weighted by molar-refractivity contribution is -0.146. The Morgan fingerprint density at radius 1 is 1.45 bits per heavy atom. The number of nitrogens with two attached hydrogens (primary N) is 1. The van der Waals surface area contributed by atoms with Gasteiger partial charge in [-0.3, -0.25) is 9.78 Å². The molecule has 1 aromatic carbocycles. The molecule has 1 aromatic heterocycles. The second-order valence-corrected chi connectivity index (χ2v) is 4.87. The Labute approximate surface area is 122 Å². The predicted molar refractivity (Wildman–Crippen MR) is 78.3 cm³/mol. The topological polar surface area (TPSA) is 65.2 Å². The molecule has 1 unspecified atom stereocenters. The largest absolute Gasteiger partial charge is 0.460 e. The monoisotopic (exact) mass is 290 g/mol. The predicted octanol–water partition coefficient (Wildman–Crippen LogP) is 3.16. The van der Waals surface area contributed by atoms with Crippen molar-refractivity contribution in [3.63, 3.8) is 0 Å². The van der Waals surface area contributed by atoms with Gasteiger partial charge in [-0.25, -0.2) is 0 Å². The van der Waals surface area contributed by atoms with Crippen LogP contribution < -0.4 is 5.73 Å². The zero-order chi connectivity index (χ0) is 14.5. The van der Waals surface area contributed by atoms with Crippen LogP contribution in [0.2, 0.25) is 5.02 Å². The number of ether oxygens (including phenoxy) is 1. The van der Waals surface area contributed by atoms with Crippen molar-refractivity contribution in [1.82, 2.24) is 4.98 Å². The summed E-state index contributed by atoms with van der Waals surface area (Å²) < 4.78 is 5.27. The first-order valence-corrected chi connectivity index (χ1v) is 6.56. The number of aromatic nitrogens is 1. The van der Waals surface area contributed by atoms with E-state index in [0.717, 1.165) is 11.1 Å². The maximum absolute atomic E-state index is 12.0. The van der Waals surface area contributed by atoms with Gasteiger partial charge in [0.1, 0.15) is 6.61 Å². The second-order valence-electron chi connectivity index (χ2n) is 4.47. The third-order valence-corrected chi connectivity index (χ3v) is 3.33. The fourth-order valence-electron chi connectivity index (χ4n) is 1.76. The Morgan fingerprint density at radius 2 is 2.25 bits per heavy atom. The third-order valence-electron chi connectivity index (χ3n) is 2.99. The summed E-state index contributed by atoms with van der Waals surface area (Å²) >= 11 is 5.95. The lowest BCUT2D eigenvalue weighted by atomic mass is 10.0. The summed E-state index contributed by atoms with van der Waals surface area (Å²) in [7, 11) is 0. The van der Waals surface area contributed by atoms with E-state index in [1.54, 1.807) is 31.3 Å². The van der Waals surface area contributed by atoms with Crippen molar-refractivity contribution < 1.29 is 9.53 Å². The zero-order valence-corrected chi connectivity index (χ0v) is 11.8. The maximum Gasteiger partial charge on any atom is 0.313 e. The number of nitrogen functional groups attached to an aromatic ring is 1. The molecule has 0 amide bonds. The quantitative estimate of drug-likeness (QED) is 0.694. The summed E-state index contributed by atoms with van der Waals surface area (Å²) in [6.45, 7) is 1.91. The summed E-state index contributed by atoms with van der Waals surface area (Å²) in [5.74, 6) is -0.692.